The van der Waals surface area contributed by atoms with Crippen LogP contribution in [0.5, 0.6) is 0 Å². The minimum absolute atomic E-state index is 0.141. The van der Waals surface area contributed by atoms with Crippen LogP contribution in [0.25, 0.3) is 0 Å². The average Bonchev–Trinajstić information content (AvgIpc) is 3.34. The summed E-state index contributed by atoms with van der Waals surface area (Å²) >= 11 is 0. The lowest BCUT2D eigenvalue weighted by Crippen LogP contribution is -2.29. The smallest absolute Gasteiger partial charge is 0.305 e. The van der Waals surface area contributed by atoms with Crippen molar-refractivity contribution in [2.75, 3.05) is 19.8 Å². The molecule has 0 rings (SSSR count). The van der Waals surface area contributed by atoms with Gasteiger partial charge < -0.3 is 14.2 Å². The van der Waals surface area contributed by atoms with E-state index in [1.54, 1.807) is 0 Å². The zero-order valence-corrected chi connectivity index (χ0v) is 45.9. The highest BCUT2D eigenvalue weighted by atomic mass is 16.6. The summed E-state index contributed by atoms with van der Waals surface area (Å²) in [5.74, 6) is -0.363. The molecule has 398 valence electrons. The molecule has 0 heterocycles. The Morgan fingerprint density at radius 3 is 0.941 bits per heavy atom. The van der Waals surface area contributed by atoms with Gasteiger partial charge in [-0.3, -0.25) is 9.59 Å². The van der Waals surface area contributed by atoms with Crippen LogP contribution >= 0.6 is 0 Å². The second kappa shape index (κ2) is 59.2. The molecule has 0 aromatic carbocycles. The number of hydrogen-bond acceptors (Lipinski definition) is 5. The Morgan fingerprint density at radius 2 is 0.559 bits per heavy atom. The van der Waals surface area contributed by atoms with Crippen molar-refractivity contribution >= 4 is 11.9 Å². The van der Waals surface area contributed by atoms with Crippen molar-refractivity contribution in [2.45, 2.75) is 322 Å². The quantitative estimate of drug-likeness (QED) is 0.0345. The van der Waals surface area contributed by atoms with E-state index in [0.29, 0.717) is 19.4 Å². The van der Waals surface area contributed by atoms with Gasteiger partial charge in [0.05, 0.1) is 0 Å². The normalized spacial score (nSPS) is 12.5. The number of carbonyl (C=O) groups is 2. The molecule has 0 fully saturated rings. The van der Waals surface area contributed by atoms with Crippen molar-refractivity contribution in [3.8, 4) is 0 Å². The minimum Gasteiger partial charge on any atom is -0.463 e. The first kappa shape index (κ1) is 65.9. The van der Waals surface area contributed by atoms with E-state index in [0.717, 1.165) is 57.8 Å². The predicted octanol–water partition coefficient (Wildman–Crippen LogP) is 20.7. The molecule has 0 aromatic heterocycles. The van der Waals surface area contributed by atoms with E-state index in [4.69, 9.17) is 14.2 Å². The summed E-state index contributed by atoms with van der Waals surface area (Å²) < 4.78 is 17.5. The Kier molecular flexibility index (Phi) is 57.3. The molecule has 0 amide bonds. The van der Waals surface area contributed by atoms with Crippen LogP contribution < -0.4 is 0 Å². The largest absolute Gasteiger partial charge is 0.463 e. The molecule has 0 saturated carbocycles. The van der Waals surface area contributed by atoms with Gasteiger partial charge in [-0.25, -0.2) is 0 Å². The summed E-state index contributed by atoms with van der Waals surface area (Å²) in [5, 5.41) is 0. The molecule has 0 aliphatic carbocycles. The van der Waals surface area contributed by atoms with Crippen LogP contribution in [0.2, 0.25) is 0 Å². The van der Waals surface area contributed by atoms with Gasteiger partial charge >= 0.3 is 11.9 Å². The summed E-state index contributed by atoms with van der Waals surface area (Å²) in [7, 11) is 0. The molecule has 5 heteroatoms. The number of allylic oxidation sites excluding steroid dienone is 8. The molecule has 5 nitrogen and oxygen atoms in total. The summed E-state index contributed by atoms with van der Waals surface area (Å²) in [6.07, 6.45) is 74.5. The van der Waals surface area contributed by atoms with Crippen molar-refractivity contribution in [3.05, 3.63) is 48.6 Å². The van der Waals surface area contributed by atoms with E-state index in [9.17, 15) is 9.59 Å². The molecule has 0 aliphatic heterocycles. The lowest BCUT2D eigenvalue weighted by Gasteiger charge is -2.18. The van der Waals surface area contributed by atoms with Gasteiger partial charge in [0.25, 0.3) is 0 Å². The highest BCUT2D eigenvalue weighted by Gasteiger charge is 2.16. The third-order valence-corrected chi connectivity index (χ3v) is 13.4. The van der Waals surface area contributed by atoms with Gasteiger partial charge in [-0.1, -0.05) is 268 Å². The lowest BCUT2D eigenvalue weighted by molar-refractivity contribution is -0.155. The molecule has 0 bridgehead atoms. The van der Waals surface area contributed by atoms with Crippen LogP contribution in [0.3, 0.4) is 0 Å². The molecular formula is C63H116O5. The van der Waals surface area contributed by atoms with E-state index in [1.165, 1.54) is 225 Å². The van der Waals surface area contributed by atoms with Crippen molar-refractivity contribution in [2.24, 2.45) is 0 Å². The number of hydrogen-bond donors (Lipinski definition) is 0. The van der Waals surface area contributed by atoms with Crippen molar-refractivity contribution in [1.29, 1.82) is 0 Å². The number of esters is 2. The summed E-state index contributed by atoms with van der Waals surface area (Å²) in [6, 6.07) is 0. The van der Waals surface area contributed by atoms with Gasteiger partial charge in [0.2, 0.25) is 0 Å². The fourth-order valence-corrected chi connectivity index (χ4v) is 8.78. The number of carbonyl (C=O) groups excluding carboxylic acids is 2. The Bertz CT molecular complexity index is 1120. The van der Waals surface area contributed by atoms with Crippen LogP contribution in [-0.2, 0) is 23.8 Å². The highest BCUT2D eigenvalue weighted by molar-refractivity contribution is 5.69. The Balaban J connectivity index is 4.24. The van der Waals surface area contributed by atoms with E-state index < -0.39 is 6.10 Å². The molecule has 0 saturated heterocycles. The Labute approximate surface area is 424 Å². The predicted molar refractivity (Wildman–Crippen MR) is 298 cm³/mol. The zero-order chi connectivity index (χ0) is 49.2. The maximum absolute atomic E-state index is 12.7. The van der Waals surface area contributed by atoms with Gasteiger partial charge in [0, 0.05) is 19.4 Å². The van der Waals surface area contributed by atoms with Gasteiger partial charge in [0.15, 0.2) is 0 Å². The molecule has 0 spiro atoms. The van der Waals surface area contributed by atoms with Crippen LogP contribution in [0, 0.1) is 0 Å². The van der Waals surface area contributed by atoms with Crippen molar-refractivity contribution in [1.82, 2.24) is 0 Å². The number of unbranched alkanes of at least 4 members (excludes halogenated alkanes) is 37. The molecule has 0 radical (unpaired) electrons. The molecular weight excluding hydrogens is 837 g/mol. The maximum Gasteiger partial charge on any atom is 0.305 e. The van der Waals surface area contributed by atoms with Crippen LogP contribution in [0.15, 0.2) is 48.6 Å². The first-order valence-electron chi connectivity index (χ1n) is 30.2. The summed E-state index contributed by atoms with van der Waals surface area (Å²) in [4.78, 5) is 25.3. The molecule has 0 unspecified atom stereocenters. The van der Waals surface area contributed by atoms with Gasteiger partial charge in [-0.05, 0) is 83.5 Å². The van der Waals surface area contributed by atoms with E-state index >= 15 is 0 Å². The first-order chi connectivity index (χ1) is 33.6. The molecule has 0 aromatic rings. The highest BCUT2D eigenvalue weighted by Crippen LogP contribution is 2.16. The Hall–Kier alpha value is -2.14. The molecule has 1 atom stereocenters. The van der Waals surface area contributed by atoms with Crippen molar-refractivity contribution < 1.29 is 23.8 Å². The van der Waals surface area contributed by atoms with Gasteiger partial charge in [-0.15, -0.1) is 0 Å². The van der Waals surface area contributed by atoms with E-state index in [-0.39, 0.29) is 25.2 Å². The van der Waals surface area contributed by atoms with E-state index in [1.807, 2.05) is 0 Å². The third-order valence-electron chi connectivity index (χ3n) is 13.4. The van der Waals surface area contributed by atoms with Gasteiger partial charge in [-0.2, -0.15) is 0 Å². The topological polar surface area (TPSA) is 61.8 Å². The minimum atomic E-state index is -0.414. The molecule has 68 heavy (non-hydrogen) atoms. The maximum atomic E-state index is 12.7. The number of ether oxygens (including phenoxy) is 3. The fourth-order valence-electron chi connectivity index (χ4n) is 8.78. The molecule has 0 N–H and O–H groups in total. The fraction of sp³-hybridized carbons (Fsp3) is 0.841. The van der Waals surface area contributed by atoms with Gasteiger partial charge in [0.1, 0.15) is 19.3 Å². The zero-order valence-electron chi connectivity index (χ0n) is 45.9. The summed E-state index contributed by atoms with van der Waals surface area (Å²) in [5.41, 5.74) is 0. The summed E-state index contributed by atoms with van der Waals surface area (Å²) in [6.45, 7) is 7.71. The van der Waals surface area contributed by atoms with Crippen LogP contribution in [0.1, 0.15) is 316 Å². The van der Waals surface area contributed by atoms with Crippen molar-refractivity contribution in [3.63, 3.8) is 0 Å². The van der Waals surface area contributed by atoms with E-state index in [2.05, 4.69) is 69.4 Å². The molecule has 0 aliphatic rings. The van der Waals surface area contributed by atoms with Crippen LogP contribution in [0.4, 0.5) is 0 Å². The second-order valence-electron chi connectivity index (χ2n) is 20.2. The monoisotopic (exact) mass is 953 g/mol. The number of rotatable bonds is 56. The SMILES string of the molecule is CCCCC/C=C\C/C=C\C/C=C\CCCCC(=O)OC[C@H](COC(=O)CCCCCCCCCCCCC/C=C\CCCCCCCC)OCCCCCCCCCCCCCCCCCC. The van der Waals surface area contributed by atoms with Crippen LogP contribution in [-0.4, -0.2) is 37.9 Å². The standard InChI is InChI=1S/C63H116O5/c1-4-7-10-13-16-19-22-25-28-30-31-32-33-34-36-39-42-45-48-51-54-57-63(65)68-60-61(66-58-55-52-49-46-43-40-37-29-26-23-20-17-14-11-8-5-2)59-67-62(64)56-53-50-47-44-41-38-35-27-24-21-18-15-12-9-6-3/h18,21,25,27-28,35,41,44,61H,4-17,19-20,22-24,26,29-34,36-40,42-43,45-60H2,1-3H3/b21-18-,28-25-,35-27-,44-41-/t61-/m1/s1. The lowest BCUT2D eigenvalue weighted by atomic mass is 10.0. The Morgan fingerprint density at radius 1 is 0.309 bits per heavy atom. The second-order valence-corrected chi connectivity index (χ2v) is 20.2. The average molecular weight is 954 g/mol. The third kappa shape index (κ3) is 56.4. The first-order valence-corrected chi connectivity index (χ1v) is 30.2.